The van der Waals surface area contributed by atoms with Gasteiger partial charge in [0.25, 0.3) is 0 Å². The first-order valence-electron chi connectivity index (χ1n) is 18.4. The number of phosphoric ester groups is 1. The highest BCUT2D eigenvalue weighted by Crippen LogP contribution is 2.43. The van der Waals surface area contributed by atoms with E-state index in [-0.39, 0.29) is 12.8 Å². The Morgan fingerprint density at radius 1 is 0.667 bits per heavy atom. The fourth-order valence-electron chi connectivity index (χ4n) is 4.81. The van der Waals surface area contributed by atoms with Gasteiger partial charge in [-0.25, -0.2) is 9.36 Å². The monoisotopic (exact) mass is 703 g/mol. The van der Waals surface area contributed by atoms with E-state index in [4.69, 9.17) is 13.8 Å². The highest BCUT2D eigenvalue weighted by molar-refractivity contribution is 7.47. The minimum Gasteiger partial charge on any atom is -0.480 e. The van der Waals surface area contributed by atoms with Crippen molar-refractivity contribution in [2.45, 2.75) is 167 Å². The molecule has 280 valence electrons. The molecule has 3 unspecified atom stereocenters. The Bertz CT molecular complexity index is 926. The molecule has 0 fully saturated rings. The average molecular weight is 704 g/mol. The molecule has 0 radical (unpaired) electrons. The standard InChI is InChI=1S/C36H66NO10P/c1-3-5-7-9-11-13-14-15-16-17-18-20-22-24-26-28-35(40)45-29-32(38)30-46-48(43,44)47-31-33(36(41)42)37-34(39)27-25-23-21-19-12-10-8-6-4-2/h11,13,15-16,32-33,38H,3-10,12,14,17-31H2,1-2H3,(H,37,39)(H,41,42)(H,43,44)/b13-11-,16-15-. The average Bonchev–Trinajstić information content (AvgIpc) is 3.05. The zero-order valence-electron chi connectivity index (χ0n) is 29.8. The second-order valence-electron chi connectivity index (χ2n) is 12.4. The number of allylic oxidation sites excluding steroid dienone is 4. The van der Waals surface area contributed by atoms with E-state index >= 15 is 0 Å². The number of rotatable bonds is 34. The van der Waals surface area contributed by atoms with E-state index in [2.05, 4.69) is 43.5 Å². The van der Waals surface area contributed by atoms with Crippen molar-refractivity contribution < 1.29 is 47.8 Å². The van der Waals surface area contributed by atoms with Crippen molar-refractivity contribution in [3.05, 3.63) is 24.3 Å². The molecule has 0 rings (SSSR count). The van der Waals surface area contributed by atoms with Gasteiger partial charge in [0.15, 0.2) is 6.04 Å². The molecular weight excluding hydrogens is 637 g/mol. The van der Waals surface area contributed by atoms with Crippen LogP contribution in [-0.2, 0) is 32.7 Å². The topological polar surface area (TPSA) is 169 Å². The van der Waals surface area contributed by atoms with E-state index in [0.29, 0.717) is 12.8 Å². The lowest BCUT2D eigenvalue weighted by molar-refractivity contribution is -0.147. The molecule has 11 nitrogen and oxygen atoms in total. The molecule has 0 bridgehead atoms. The van der Waals surface area contributed by atoms with Crippen molar-refractivity contribution in [2.24, 2.45) is 0 Å². The highest BCUT2D eigenvalue weighted by Gasteiger charge is 2.28. The zero-order chi connectivity index (χ0) is 35.7. The molecule has 0 aromatic rings. The smallest absolute Gasteiger partial charge is 0.472 e. The number of carboxylic acids is 1. The molecule has 0 aromatic carbocycles. The van der Waals surface area contributed by atoms with E-state index in [1.807, 2.05) is 0 Å². The van der Waals surface area contributed by atoms with Crippen LogP contribution >= 0.6 is 7.82 Å². The maximum atomic E-state index is 12.2. The predicted octanol–water partition coefficient (Wildman–Crippen LogP) is 8.33. The largest absolute Gasteiger partial charge is 0.480 e. The third kappa shape index (κ3) is 31.2. The van der Waals surface area contributed by atoms with Gasteiger partial charge < -0.3 is 25.2 Å². The number of aliphatic hydroxyl groups is 1. The maximum Gasteiger partial charge on any atom is 0.472 e. The number of nitrogens with one attached hydrogen (secondary N) is 1. The Morgan fingerprint density at radius 3 is 1.73 bits per heavy atom. The van der Waals surface area contributed by atoms with E-state index in [9.17, 15) is 34.1 Å². The van der Waals surface area contributed by atoms with Gasteiger partial charge in [-0.2, -0.15) is 0 Å². The number of carbonyl (C=O) groups is 3. The predicted molar refractivity (Wildman–Crippen MR) is 189 cm³/mol. The van der Waals surface area contributed by atoms with Crippen LogP contribution in [0.1, 0.15) is 155 Å². The van der Waals surface area contributed by atoms with Crippen LogP contribution in [0.2, 0.25) is 0 Å². The summed E-state index contributed by atoms with van der Waals surface area (Å²) in [6, 6.07) is -1.54. The Labute approximate surface area is 289 Å². The van der Waals surface area contributed by atoms with E-state index in [0.717, 1.165) is 64.2 Å². The molecule has 1 amide bonds. The summed E-state index contributed by atoms with van der Waals surface area (Å²) in [6.45, 7) is 2.49. The van der Waals surface area contributed by atoms with Crippen molar-refractivity contribution >= 4 is 25.7 Å². The van der Waals surface area contributed by atoms with Gasteiger partial charge in [0.2, 0.25) is 5.91 Å². The summed E-state index contributed by atoms with van der Waals surface area (Å²) in [5.41, 5.74) is 0. The summed E-state index contributed by atoms with van der Waals surface area (Å²) in [5.74, 6) is -2.39. The number of ether oxygens (including phenoxy) is 1. The highest BCUT2D eigenvalue weighted by atomic mass is 31.2. The lowest BCUT2D eigenvalue weighted by Crippen LogP contribution is -2.43. The number of carboxylic acid groups (broad SMARTS) is 1. The van der Waals surface area contributed by atoms with Crippen LogP contribution in [0.4, 0.5) is 0 Å². The van der Waals surface area contributed by atoms with Crippen molar-refractivity contribution in [1.82, 2.24) is 5.32 Å². The number of hydrogen-bond donors (Lipinski definition) is 4. The molecule has 0 saturated carbocycles. The Kier molecular flexibility index (Phi) is 30.8. The van der Waals surface area contributed by atoms with E-state index < -0.39 is 57.6 Å². The van der Waals surface area contributed by atoms with Crippen molar-refractivity contribution in [3.63, 3.8) is 0 Å². The Hall–Kier alpha value is -2.04. The second kappa shape index (κ2) is 32.2. The van der Waals surface area contributed by atoms with Gasteiger partial charge in [-0.05, 0) is 44.9 Å². The first-order chi connectivity index (χ1) is 23.1. The number of carbonyl (C=O) groups excluding carboxylic acids is 2. The summed E-state index contributed by atoms with van der Waals surface area (Å²) in [5, 5.41) is 21.7. The van der Waals surface area contributed by atoms with E-state index in [1.54, 1.807) is 0 Å². The van der Waals surface area contributed by atoms with Crippen LogP contribution in [0, 0.1) is 0 Å². The van der Waals surface area contributed by atoms with Gasteiger partial charge in [-0.15, -0.1) is 0 Å². The molecule has 0 aliphatic carbocycles. The van der Waals surface area contributed by atoms with Gasteiger partial charge >= 0.3 is 19.8 Å². The maximum absolute atomic E-state index is 12.2. The third-order valence-corrected chi connectivity index (χ3v) is 8.69. The van der Waals surface area contributed by atoms with Crippen LogP contribution in [0.15, 0.2) is 24.3 Å². The van der Waals surface area contributed by atoms with Gasteiger partial charge in [0, 0.05) is 12.8 Å². The summed E-state index contributed by atoms with van der Waals surface area (Å²) < 4.78 is 26.6. The molecular formula is C36H66NO10P. The van der Waals surface area contributed by atoms with Crippen LogP contribution in [0.5, 0.6) is 0 Å². The van der Waals surface area contributed by atoms with Gasteiger partial charge in [-0.1, -0.05) is 122 Å². The molecule has 3 atom stereocenters. The van der Waals surface area contributed by atoms with Crippen molar-refractivity contribution in [2.75, 3.05) is 19.8 Å². The summed E-state index contributed by atoms with van der Waals surface area (Å²) in [7, 11) is -4.74. The molecule has 0 spiro atoms. The number of hydrogen-bond acceptors (Lipinski definition) is 8. The fraction of sp³-hybridized carbons (Fsp3) is 0.806. The SMILES string of the molecule is CCCCC/C=C\C/C=C\CCCCCCCC(=O)OCC(O)COP(=O)(O)OCC(NC(=O)CCCCCCCCCCC)C(=O)O. The molecule has 0 aliphatic rings. The van der Waals surface area contributed by atoms with Gasteiger partial charge in [0.1, 0.15) is 12.7 Å². The number of aliphatic hydroxyl groups excluding tert-OH is 1. The van der Waals surface area contributed by atoms with Crippen LogP contribution in [-0.4, -0.2) is 64.9 Å². The number of esters is 1. The van der Waals surface area contributed by atoms with Gasteiger partial charge in [0.05, 0.1) is 13.2 Å². The zero-order valence-corrected chi connectivity index (χ0v) is 30.7. The number of amides is 1. The lowest BCUT2D eigenvalue weighted by atomic mass is 10.1. The minimum atomic E-state index is -4.74. The summed E-state index contributed by atoms with van der Waals surface area (Å²) >= 11 is 0. The molecule has 0 heterocycles. The third-order valence-electron chi connectivity index (χ3n) is 7.74. The first-order valence-corrected chi connectivity index (χ1v) is 19.9. The summed E-state index contributed by atoms with van der Waals surface area (Å²) in [4.78, 5) is 45.5. The minimum absolute atomic E-state index is 0.146. The molecule has 48 heavy (non-hydrogen) atoms. The lowest BCUT2D eigenvalue weighted by Gasteiger charge is -2.18. The van der Waals surface area contributed by atoms with Gasteiger partial charge in [-0.3, -0.25) is 18.6 Å². The molecule has 0 aliphatic heterocycles. The normalized spacial score (nSPS) is 14.2. The number of unbranched alkanes of at least 4 members (excludes halogenated alkanes) is 16. The van der Waals surface area contributed by atoms with Crippen LogP contribution in [0.25, 0.3) is 0 Å². The fourth-order valence-corrected chi connectivity index (χ4v) is 5.59. The Morgan fingerprint density at radius 2 is 1.15 bits per heavy atom. The number of aliphatic carboxylic acids is 1. The van der Waals surface area contributed by atoms with Crippen LogP contribution < -0.4 is 5.32 Å². The molecule has 0 aromatic heterocycles. The first kappa shape index (κ1) is 46.0. The second-order valence-corrected chi connectivity index (χ2v) is 13.9. The Balaban J connectivity index is 3.98. The number of phosphoric acid groups is 1. The van der Waals surface area contributed by atoms with Crippen LogP contribution in [0.3, 0.4) is 0 Å². The molecule has 12 heteroatoms. The molecule has 4 N–H and O–H groups in total. The molecule has 0 saturated heterocycles. The van der Waals surface area contributed by atoms with Crippen molar-refractivity contribution in [1.29, 1.82) is 0 Å². The summed E-state index contributed by atoms with van der Waals surface area (Å²) in [6.07, 6.45) is 29.4. The van der Waals surface area contributed by atoms with E-state index in [1.165, 1.54) is 51.4 Å². The quantitative estimate of drug-likeness (QED) is 0.0221. The van der Waals surface area contributed by atoms with Crippen molar-refractivity contribution in [3.8, 4) is 0 Å².